The van der Waals surface area contributed by atoms with E-state index in [1.165, 1.54) is 0 Å². The van der Waals surface area contributed by atoms with Gasteiger partial charge in [0.2, 0.25) is 0 Å². The molecule has 5 rings (SSSR count). The Balaban J connectivity index is 1.67. The minimum Gasteiger partial charge on any atom is -0.318 e. The van der Waals surface area contributed by atoms with Crippen molar-refractivity contribution in [3.8, 4) is 5.69 Å². The number of rotatable bonds is 4. The van der Waals surface area contributed by atoms with E-state index in [0.717, 1.165) is 38.0 Å². The number of hydrogen-bond acceptors (Lipinski definition) is 3. The number of imide groups is 2. The van der Waals surface area contributed by atoms with Gasteiger partial charge in [-0.2, -0.15) is 0 Å². The number of nitrogens with zero attached hydrogens (tertiary/aromatic N) is 3. The molecule has 1 fully saturated rings. The lowest BCUT2D eigenvalue weighted by atomic mass is 10.0. The number of para-hydroxylation sites is 1. The summed E-state index contributed by atoms with van der Waals surface area (Å²) >= 11 is 6.38. The van der Waals surface area contributed by atoms with Crippen molar-refractivity contribution >= 4 is 46.9 Å². The smallest absolute Gasteiger partial charge is 0.318 e. The molecule has 7 heteroatoms. The quantitative estimate of drug-likeness (QED) is 0.215. The summed E-state index contributed by atoms with van der Waals surface area (Å²) in [5.41, 5.74) is 5.96. The topological polar surface area (TPSA) is 62.6 Å². The second kappa shape index (κ2) is 9.80. The fraction of sp³-hybridized carbons (Fsp3) is 0.129. The molecule has 0 atom stereocenters. The van der Waals surface area contributed by atoms with Crippen LogP contribution >= 0.6 is 11.6 Å². The molecule has 0 spiro atoms. The predicted octanol–water partition coefficient (Wildman–Crippen LogP) is 6.95. The van der Waals surface area contributed by atoms with Crippen molar-refractivity contribution in [3.05, 3.63) is 118 Å². The highest BCUT2D eigenvalue weighted by molar-refractivity contribution is 6.46. The maximum atomic E-state index is 13.7. The van der Waals surface area contributed by atoms with Gasteiger partial charge in [-0.05, 0) is 87.4 Å². The van der Waals surface area contributed by atoms with Crippen LogP contribution in [0, 0.1) is 27.7 Å². The van der Waals surface area contributed by atoms with Crippen LogP contribution in [-0.2, 0) is 9.59 Å². The summed E-state index contributed by atoms with van der Waals surface area (Å²) < 4.78 is 2.04. The molecular weight excluding hydrogens is 498 g/mol. The Morgan fingerprint density at radius 1 is 0.711 bits per heavy atom. The van der Waals surface area contributed by atoms with E-state index in [1.54, 1.807) is 48.5 Å². The van der Waals surface area contributed by atoms with Crippen LogP contribution in [0.4, 0.5) is 16.2 Å². The SMILES string of the molecule is Cc1ccc(N2C(=O)/C(=C/c3cc(C)n(-c4cccc(Cl)c4C)c3C)C(=O)N(c3ccccc3)C2=O)cc1. The molecule has 0 bridgehead atoms. The van der Waals surface area contributed by atoms with Crippen LogP contribution in [0.2, 0.25) is 5.02 Å². The summed E-state index contributed by atoms with van der Waals surface area (Å²) in [6.45, 7) is 7.76. The summed E-state index contributed by atoms with van der Waals surface area (Å²) in [4.78, 5) is 43.1. The number of carbonyl (C=O) groups excluding carboxylic acids is 3. The highest BCUT2D eigenvalue weighted by atomic mass is 35.5. The minimum atomic E-state index is -0.716. The zero-order valence-corrected chi connectivity index (χ0v) is 22.3. The second-order valence-electron chi connectivity index (χ2n) is 9.34. The van der Waals surface area contributed by atoms with Crippen molar-refractivity contribution < 1.29 is 14.4 Å². The number of carbonyl (C=O) groups is 3. The Bertz CT molecular complexity index is 1620. The van der Waals surface area contributed by atoms with E-state index in [-0.39, 0.29) is 5.57 Å². The summed E-state index contributed by atoms with van der Waals surface area (Å²) in [5.74, 6) is -1.34. The minimum absolute atomic E-state index is 0.0999. The Kier molecular flexibility index (Phi) is 6.51. The van der Waals surface area contributed by atoms with Crippen molar-refractivity contribution in [1.29, 1.82) is 0 Å². The molecule has 1 aliphatic rings. The van der Waals surface area contributed by atoms with Gasteiger partial charge in [0.05, 0.1) is 11.4 Å². The molecule has 0 N–H and O–H groups in total. The van der Waals surface area contributed by atoms with E-state index in [2.05, 4.69) is 0 Å². The number of halogens is 1. The lowest BCUT2D eigenvalue weighted by molar-refractivity contribution is -0.121. The zero-order valence-electron chi connectivity index (χ0n) is 21.5. The maximum absolute atomic E-state index is 13.7. The average Bonchev–Trinajstić information content (AvgIpc) is 3.17. The maximum Gasteiger partial charge on any atom is 0.343 e. The van der Waals surface area contributed by atoms with Crippen LogP contribution in [-0.4, -0.2) is 22.4 Å². The van der Waals surface area contributed by atoms with Gasteiger partial charge in [-0.15, -0.1) is 0 Å². The molecule has 1 aromatic heterocycles. The third kappa shape index (κ3) is 4.23. The van der Waals surface area contributed by atoms with E-state index < -0.39 is 17.8 Å². The number of hydrogen-bond donors (Lipinski definition) is 0. The Hall–Kier alpha value is -4.42. The van der Waals surface area contributed by atoms with E-state index in [9.17, 15) is 14.4 Å². The number of urea groups is 1. The van der Waals surface area contributed by atoms with Crippen LogP contribution in [0.3, 0.4) is 0 Å². The first-order valence-electron chi connectivity index (χ1n) is 12.2. The van der Waals surface area contributed by atoms with E-state index in [1.807, 2.05) is 68.7 Å². The van der Waals surface area contributed by atoms with Gasteiger partial charge in [-0.3, -0.25) is 9.59 Å². The van der Waals surface area contributed by atoms with Crippen LogP contribution < -0.4 is 9.80 Å². The van der Waals surface area contributed by atoms with Crippen molar-refractivity contribution in [3.63, 3.8) is 0 Å². The van der Waals surface area contributed by atoms with Gasteiger partial charge in [-0.25, -0.2) is 14.6 Å². The molecule has 2 heterocycles. The second-order valence-corrected chi connectivity index (χ2v) is 9.75. The van der Waals surface area contributed by atoms with Crippen LogP contribution in [0.25, 0.3) is 11.8 Å². The Labute approximate surface area is 226 Å². The Morgan fingerprint density at radius 3 is 1.95 bits per heavy atom. The number of amides is 4. The van der Waals surface area contributed by atoms with E-state index >= 15 is 0 Å². The fourth-order valence-electron chi connectivity index (χ4n) is 4.75. The molecule has 0 radical (unpaired) electrons. The third-order valence-electron chi connectivity index (χ3n) is 6.81. The summed E-state index contributed by atoms with van der Waals surface area (Å²) in [5, 5.41) is 0.651. The van der Waals surface area contributed by atoms with Gasteiger partial charge >= 0.3 is 6.03 Å². The lowest BCUT2D eigenvalue weighted by Crippen LogP contribution is -2.57. The van der Waals surface area contributed by atoms with Crippen molar-refractivity contribution in [2.24, 2.45) is 0 Å². The molecule has 1 saturated heterocycles. The monoisotopic (exact) mass is 523 g/mol. The molecule has 4 aromatic rings. The van der Waals surface area contributed by atoms with E-state index in [4.69, 9.17) is 11.6 Å². The normalized spacial score (nSPS) is 15.1. The van der Waals surface area contributed by atoms with Crippen molar-refractivity contribution in [1.82, 2.24) is 4.57 Å². The number of aromatic nitrogens is 1. The highest BCUT2D eigenvalue weighted by Crippen LogP contribution is 2.32. The summed E-state index contributed by atoms with van der Waals surface area (Å²) in [6.07, 6.45) is 1.58. The molecule has 0 saturated carbocycles. The van der Waals surface area contributed by atoms with Gasteiger partial charge in [0.25, 0.3) is 11.8 Å². The summed E-state index contributed by atoms with van der Waals surface area (Å²) in [7, 11) is 0. The van der Waals surface area contributed by atoms with Crippen molar-refractivity contribution in [2.45, 2.75) is 27.7 Å². The van der Waals surface area contributed by atoms with Gasteiger partial charge in [-0.1, -0.05) is 53.6 Å². The first-order valence-corrected chi connectivity index (χ1v) is 12.6. The molecule has 190 valence electrons. The van der Waals surface area contributed by atoms with Gasteiger partial charge in [0.15, 0.2) is 0 Å². The standard InChI is InChI=1S/C31H26ClN3O3/c1-19-13-15-25(16-14-19)35-30(37)26(29(36)34(31(35)38)24-9-6-5-7-10-24)18-23-17-20(2)33(22(23)4)28-12-8-11-27(32)21(28)3/h5-18H,1-4H3/b26-18+. The number of benzene rings is 3. The molecule has 0 aliphatic carbocycles. The predicted molar refractivity (Wildman–Crippen MR) is 151 cm³/mol. The van der Waals surface area contributed by atoms with Crippen molar-refractivity contribution in [2.75, 3.05) is 9.80 Å². The van der Waals surface area contributed by atoms with Crippen LogP contribution in [0.1, 0.15) is 28.1 Å². The van der Waals surface area contributed by atoms with E-state index in [0.29, 0.717) is 22.0 Å². The third-order valence-corrected chi connectivity index (χ3v) is 7.22. The molecular formula is C31H26ClN3O3. The first-order chi connectivity index (χ1) is 18.2. The molecule has 38 heavy (non-hydrogen) atoms. The molecule has 6 nitrogen and oxygen atoms in total. The van der Waals surface area contributed by atoms with Gasteiger partial charge in [0, 0.05) is 22.1 Å². The Morgan fingerprint density at radius 2 is 1.32 bits per heavy atom. The largest absolute Gasteiger partial charge is 0.343 e. The number of barbiturate groups is 1. The molecule has 3 aromatic carbocycles. The molecule has 0 unspecified atom stereocenters. The number of anilines is 2. The molecule has 4 amide bonds. The summed E-state index contributed by atoms with van der Waals surface area (Å²) in [6, 6.07) is 22.6. The van der Waals surface area contributed by atoms with Crippen LogP contribution in [0.15, 0.2) is 84.4 Å². The van der Waals surface area contributed by atoms with Gasteiger partial charge < -0.3 is 4.57 Å². The average molecular weight is 524 g/mol. The zero-order chi connectivity index (χ0) is 27.1. The fourth-order valence-corrected chi connectivity index (χ4v) is 4.92. The highest BCUT2D eigenvalue weighted by Gasteiger charge is 2.43. The number of aryl methyl sites for hydroxylation is 2. The van der Waals surface area contributed by atoms with Gasteiger partial charge in [0.1, 0.15) is 5.57 Å². The molecule has 1 aliphatic heterocycles. The lowest BCUT2D eigenvalue weighted by Gasteiger charge is -2.34. The first kappa shape index (κ1) is 25.2. The van der Waals surface area contributed by atoms with Crippen LogP contribution in [0.5, 0.6) is 0 Å².